The fraction of sp³-hybridized carbons (Fsp3) is 0.200. The number of carboxylic acid groups (broad SMARTS) is 1. The van der Waals surface area contributed by atoms with Crippen LogP contribution in [0.15, 0.2) is 24.3 Å². The normalized spacial score (nSPS) is 14.3. The lowest BCUT2D eigenvalue weighted by molar-refractivity contribution is -0.135. The van der Waals surface area contributed by atoms with Gasteiger partial charge in [0.25, 0.3) is 5.91 Å². The van der Waals surface area contributed by atoms with E-state index in [4.69, 9.17) is 10.8 Å². The van der Waals surface area contributed by atoms with E-state index in [-0.39, 0.29) is 11.1 Å². The maximum Gasteiger partial charge on any atom is 0.335 e. The standard InChI is InChI=1S/C10H11NO4/c1-10(15,9(11)14)7-4-2-6(3-5-7)8(12)13/h2-5,15H,1H3,(H2,11,14)(H,12,13). The molecule has 5 heteroatoms. The van der Waals surface area contributed by atoms with E-state index in [1.54, 1.807) is 0 Å². The Morgan fingerprint density at radius 2 is 1.73 bits per heavy atom. The van der Waals surface area contributed by atoms with E-state index >= 15 is 0 Å². The van der Waals surface area contributed by atoms with Crippen LogP contribution in [-0.4, -0.2) is 22.1 Å². The average Bonchev–Trinajstić information content (AvgIpc) is 2.17. The minimum atomic E-state index is -1.78. The van der Waals surface area contributed by atoms with Crippen molar-refractivity contribution in [2.45, 2.75) is 12.5 Å². The highest BCUT2D eigenvalue weighted by Gasteiger charge is 2.29. The molecule has 0 bridgehead atoms. The lowest BCUT2D eigenvalue weighted by atomic mass is 9.94. The van der Waals surface area contributed by atoms with E-state index in [1.165, 1.54) is 31.2 Å². The minimum absolute atomic E-state index is 0.0824. The minimum Gasteiger partial charge on any atom is -0.478 e. The van der Waals surface area contributed by atoms with Crippen molar-refractivity contribution in [1.82, 2.24) is 0 Å². The van der Waals surface area contributed by atoms with Gasteiger partial charge in [-0.05, 0) is 24.6 Å². The summed E-state index contributed by atoms with van der Waals surface area (Å²) in [6.07, 6.45) is 0. The summed E-state index contributed by atoms with van der Waals surface area (Å²) < 4.78 is 0. The van der Waals surface area contributed by atoms with Gasteiger partial charge < -0.3 is 15.9 Å². The van der Waals surface area contributed by atoms with Gasteiger partial charge in [-0.15, -0.1) is 0 Å². The van der Waals surface area contributed by atoms with Gasteiger partial charge in [-0.25, -0.2) is 4.79 Å². The van der Waals surface area contributed by atoms with Crippen LogP contribution in [0.4, 0.5) is 0 Å². The van der Waals surface area contributed by atoms with Crippen molar-refractivity contribution in [2.24, 2.45) is 5.73 Å². The third-order valence-corrected chi connectivity index (χ3v) is 2.17. The van der Waals surface area contributed by atoms with Gasteiger partial charge >= 0.3 is 5.97 Å². The highest BCUT2D eigenvalue weighted by molar-refractivity contribution is 5.88. The van der Waals surface area contributed by atoms with Crippen molar-refractivity contribution in [2.75, 3.05) is 0 Å². The Labute approximate surface area is 86.1 Å². The van der Waals surface area contributed by atoms with Crippen molar-refractivity contribution >= 4 is 11.9 Å². The number of amides is 1. The zero-order chi connectivity index (χ0) is 11.6. The maximum atomic E-state index is 10.9. The molecule has 1 unspecified atom stereocenters. The number of aromatic carboxylic acids is 1. The second kappa shape index (κ2) is 3.70. The fourth-order valence-electron chi connectivity index (χ4n) is 1.08. The second-order valence-corrected chi connectivity index (χ2v) is 3.32. The largest absolute Gasteiger partial charge is 0.478 e. The van der Waals surface area contributed by atoms with Crippen LogP contribution in [0.3, 0.4) is 0 Å². The van der Waals surface area contributed by atoms with Gasteiger partial charge in [0, 0.05) is 0 Å². The van der Waals surface area contributed by atoms with Crippen LogP contribution < -0.4 is 5.73 Å². The molecule has 0 heterocycles. The van der Waals surface area contributed by atoms with Gasteiger partial charge in [0.1, 0.15) is 0 Å². The summed E-state index contributed by atoms with van der Waals surface area (Å²) in [4.78, 5) is 21.4. The van der Waals surface area contributed by atoms with Crippen LogP contribution in [0.5, 0.6) is 0 Å². The summed E-state index contributed by atoms with van der Waals surface area (Å²) in [5.41, 5.74) is 3.56. The van der Waals surface area contributed by atoms with Crippen LogP contribution in [0.25, 0.3) is 0 Å². The van der Waals surface area contributed by atoms with Gasteiger partial charge in [-0.3, -0.25) is 4.79 Å². The first kappa shape index (κ1) is 11.2. The number of benzene rings is 1. The molecule has 4 N–H and O–H groups in total. The molecule has 0 aliphatic carbocycles. The van der Waals surface area contributed by atoms with Crippen LogP contribution in [-0.2, 0) is 10.4 Å². The molecule has 1 amide bonds. The number of carbonyl (C=O) groups excluding carboxylic acids is 1. The number of aliphatic hydroxyl groups is 1. The van der Waals surface area contributed by atoms with Gasteiger partial charge in [0.15, 0.2) is 5.60 Å². The Bertz CT molecular complexity index is 394. The molecule has 1 aromatic rings. The van der Waals surface area contributed by atoms with Crippen molar-refractivity contribution in [3.05, 3.63) is 35.4 Å². The summed E-state index contributed by atoms with van der Waals surface area (Å²) >= 11 is 0. The number of primary amides is 1. The number of carbonyl (C=O) groups is 2. The molecule has 0 spiro atoms. The summed E-state index contributed by atoms with van der Waals surface area (Å²) in [7, 11) is 0. The van der Waals surface area contributed by atoms with E-state index in [1.807, 2.05) is 0 Å². The second-order valence-electron chi connectivity index (χ2n) is 3.32. The quantitative estimate of drug-likeness (QED) is 0.656. The molecule has 1 aromatic carbocycles. The van der Waals surface area contributed by atoms with Gasteiger partial charge in [0.05, 0.1) is 5.56 Å². The van der Waals surface area contributed by atoms with Crippen LogP contribution in [0.2, 0.25) is 0 Å². The summed E-state index contributed by atoms with van der Waals surface area (Å²) in [6.45, 7) is 1.26. The predicted molar refractivity (Wildman–Crippen MR) is 52.2 cm³/mol. The Morgan fingerprint density at radius 3 is 2.07 bits per heavy atom. The number of rotatable bonds is 3. The Hall–Kier alpha value is -1.88. The Balaban J connectivity index is 3.09. The third-order valence-electron chi connectivity index (χ3n) is 2.17. The molecule has 0 aliphatic heterocycles. The van der Waals surface area contributed by atoms with Crippen molar-refractivity contribution in [3.8, 4) is 0 Å². The van der Waals surface area contributed by atoms with E-state index in [2.05, 4.69) is 0 Å². The first-order valence-corrected chi connectivity index (χ1v) is 4.22. The van der Waals surface area contributed by atoms with Crippen LogP contribution in [0, 0.1) is 0 Å². The number of nitrogens with two attached hydrogens (primary N) is 1. The summed E-state index contributed by atoms with van der Waals surface area (Å²) in [5, 5.41) is 18.3. The molecular formula is C10H11NO4. The van der Waals surface area contributed by atoms with Gasteiger partial charge in [-0.2, -0.15) is 0 Å². The molecular weight excluding hydrogens is 198 g/mol. The van der Waals surface area contributed by atoms with E-state index in [9.17, 15) is 14.7 Å². The Kier molecular flexibility index (Phi) is 2.76. The molecule has 0 aliphatic rings. The molecule has 0 aromatic heterocycles. The molecule has 0 fully saturated rings. The first-order valence-electron chi connectivity index (χ1n) is 4.22. The van der Waals surface area contributed by atoms with Crippen molar-refractivity contribution in [1.29, 1.82) is 0 Å². The monoisotopic (exact) mass is 209 g/mol. The molecule has 15 heavy (non-hydrogen) atoms. The topological polar surface area (TPSA) is 101 Å². The maximum absolute atomic E-state index is 10.9. The molecule has 0 saturated heterocycles. The molecule has 80 valence electrons. The third kappa shape index (κ3) is 2.13. The van der Waals surface area contributed by atoms with Crippen LogP contribution in [0.1, 0.15) is 22.8 Å². The van der Waals surface area contributed by atoms with Gasteiger partial charge in [-0.1, -0.05) is 12.1 Å². The average molecular weight is 209 g/mol. The van der Waals surface area contributed by atoms with E-state index < -0.39 is 17.5 Å². The highest BCUT2D eigenvalue weighted by atomic mass is 16.4. The summed E-state index contributed by atoms with van der Waals surface area (Å²) in [5.74, 6) is -1.95. The smallest absolute Gasteiger partial charge is 0.335 e. The van der Waals surface area contributed by atoms with Crippen LogP contribution >= 0.6 is 0 Å². The van der Waals surface area contributed by atoms with Crippen molar-refractivity contribution < 1.29 is 19.8 Å². The fourth-order valence-corrected chi connectivity index (χ4v) is 1.08. The summed E-state index contributed by atoms with van der Waals surface area (Å²) in [6, 6.07) is 5.31. The Morgan fingerprint density at radius 1 is 1.27 bits per heavy atom. The lowest BCUT2D eigenvalue weighted by Gasteiger charge is -2.19. The first-order chi connectivity index (χ1) is 6.85. The molecule has 0 saturated carbocycles. The predicted octanol–water partition coefficient (Wildman–Crippen LogP) is 0.0776. The molecule has 1 atom stereocenters. The van der Waals surface area contributed by atoms with Crippen molar-refractivity contribution in [3.63, 3.8) is 0 Å². The van der Waals surface area contributed by atoms with E-state index in [0.717, 1.165) is 0 Å². The van der Waals surface area contributed by atoms with E-state index in [0.29, 0.717) is 0 Å². The number of hydrogen-bond donors (Lipinski definition) is 3. The molecule has 5 nitrogen and oxygen atoms in total. The zero-order valence-electron chi connectivity index (χ0n) is 8.10. The zero-order valence-corrected chi connectivity index (χ0v) is 8.10. The number of hydrogen-bond acceptors (Lipinski definition) is 3. The molecule has 0 radical (unpaired) electrons. The molecule has 1 rings (SSSR count). The van der Waals surface area contributed by atoms with Gasteiger partial charge in [0.2, 0.25) is 0 Å². The SMILES string of the molecule is CC(O)(C(N)=O)c1ccc(C(=O)O)cc1. The number of carboxylic acids is 1. The highest BCUT2D eigenvalue weighted by Crippen LogP contribution is 2.20. The lowest BCUT2D eigenvalue weighted by Crippen LogP contribution is -2.38.